The number of ether oxygens (including phenoxy) is 2. The number of furan rings is 1. The molecule has 0 fully saturated rings. The standard InChI is InChI=1S/C18H18N2O6S/c1-11-13-6-4-5-7-14(13)26-17(11)18(21)19-20-27(22,23)16-10-12(24-2)8-9-15(16)25-3/h4-10,20H,1-3H3,(H,19,21). The minimum atomic E-state index is -4.11. The van der Waals surface area contributed by atoms with E-state index in [9.17, 15) is 13.2 Å². The summed E-state index contributed by atoms with van der Waals surface area (Å²) >= 11 is 0. The van der Waals surface area contributed by atoms with E-state index in [-0.39, 0.29) is 16.4 Å². The van der Waals surface area contributed by atoms with Crippen LogP contribution in [0.2, 0.25) is 0 Å². The number of hydrogen-bond acceptors (Lipinski definition) is 6. The van der Waals surface area contributed by atoms with Gasteiger partial charge in [-0.25, -0.2) is 8.42 Å². The van der Waals surface area contributed by atoms with Crippen LogP contribution in [0.4, 0.5) is 0 Å². The smallest absolute Gasteiger partial charge is 0.302 e. The van der Waals surface area contributed by atoms with Crippen LogP contribution in [0.15, 0.2) is 51.8 Å². The monoisotopic (exact) mass is 390 g/mol. The molecule has 8 nitrogen and oxygen atoms in total. The minimum absolute atomic E-state index is 0.0245. The fourth-order valence-corrected chi connectivity index (χ4v) is 3.63. The number of fused-ring (bicyclic) bond motifs is 1. The number of amides is 1. The van der Waals surface area contributed by atoms with Gasteiger partial charge in [0.1, 0.15) is 22.0 Å². The first kappa shape index (κ1) is 18.7. The van der Waals surface area contributed by atoms with Crippen molar-refractivity contribution in [3.63, 3.8) is 0 Å². The number of carbonyl (C=O) groups is 1. The van der Waals surface area contributed by atoms with Crippen LogP contribution in [-0.4, -0.2) is 28.5 Å². The average Bonchev–Trinajstić information content (AvgIpc) is 3.02. The Kier molecular flexibility index (Phi) is 5.06. The Morgan fingerprint density at radius 2 is 1.81 bits per heavy atom. The number of nitrogens with one attached hydrogen (secondary N) is 2. The highest BCUT2D eigenvalue weighted by molar-refractivity contribution is 7.89. The van der Waals surface area contributed by atoms with Gasteiger partial charge in [0.05, 0.1) is 14.2 Å². The number of sulfonamides is 1. The summed E-state index contributed by atoms with van der Waals surface area (Å²) in [5.41, 5.74) is 3.31. The van der Waals surface area contributed by atoms with Gasteiger partial charge in [-0.15, -0.1) is 4.83 Å². The van der Waals surface area contributed by atoms with Gasteiger partial charge in [0.15, 0.2) is 5.76 Å². The molecule has 3 rings (SSSR count). The second kappa shape index (κ2) is 7.29. The number of rotatable bonds is 6. The summed E-state index contributed by atoms with van der Waals surface area (Å²) in [5.74, 6) is -0.251. The molecule has 0 aliphatic heterocycles. The van der Waals surface area contributed by atoms with Crippen molar-refractivity contribution in [1.29, 1.82) is 0 Å². The number of hydrazine groups is 1. The zero-order valence-electron chi connectivity index (χ0n) is 14.9. The number of aryl methyl sites for hydroxylation is 1. The summed E-state index contributed by atoms with van der Waals surface area (Å²) in [5, 5.41) is 0.778. The zero-order valence-corrected chi connectivity index (χ0v) is 15.7. The Morgan fingerprint density at radius 1 is 1.07 bits per heavy atom. The van der Waals surface area contributed by atoms with E-state index in [4.69, 9.17) is 13.9 Å². The van der Waals surface area contributed by atoms with Crippen molar-refractivity contribution in [3.05, 3.63) is 53.8 Å². The molecule has 0 saturated carbocycles. The first-order valence-electron chi connectivity index (χ1n) is 7.89. The predicted molar refractivity (Wildman–Crippen MR) is 98.3 cm³/mol. The van der Waals surface area contributed by atoms with E-state index in [1.54, 1.807) is 25.1 Å². The van der Waals surface area contributed by atoms with Crippen molar-refractivity contribution in [2.75, 3.05) is 14.2 Å². The molecular weight excluding hydrogens is 372 g/mol. The molecule has 0 radical (unpaired) electrons. The molecule has 142 valence electrons. The van der Waals surface area contributed by atoms with E-state index in [1.165, 1.54) is 26.4 Å². The molecule has 1 heterocycles. The molecule has 0 saturated heterocycles. The molecule has 1 amide bonds. The van der Waals surface area contributed by atoms with Crippen molar-refractivity contribution >= 4 is 26.9 Å². The number of carbonyl (C=O) groups excluding carboxylic acids is 1. The number of para-hydroxylation sites is 1. The van der Waals surface area contributed by atoms with Crippen LogP contribution in [0.25, 0.3) is 11.0 Å². The third kappa shape index (κ3) is 3.60. The Labute approximate surface area is 156 Å². The van der Waals surface area contributed by atoms with E-state index in [0.29, 0.717) is 16.9 Å². The van der Waals surface area contributed by atoms with Crippen LogP contribution >= 0.6 is 0 Å². The van der Waals surface area contributed by atoms with Crippen molar-refractivity contribution in [2.24, 2.45) is 0 Å². The van der Waals surface area contributed by atoms with Gasteiger partial charge in [0.2, 0.25) is 0 Å². The van der Waals surface area contributed by atoms with Crippen LogP contribution < -0.4 is 19.7 Å². The van der Waals surface area contributed by atoms with E-state index in [0.717, 1.165) is 5.39 Å². The molecule has 0 aliphatic carbocycles. The largest absolute Gasteiger partial charge is 0.497 e. The quantitative estimate of drug-likeness (QED) is 0.626. The molecule has 0 aliphatic rings. The van der Waals surface area contributed by atoms with Crippen molar-refractivity contribution in [2.45, 2.75) is 11.8 Å². The van der Waals surface area contributed by atoms with Crippen LogP contribution in [0, 0.1) is 6.92 Å². The summed E-state index contributed by atoms with van der Waals surface area (Å²) in [6.07, 6.45) is 0. The van der Waals surface area contributed by atoms with Crippen LogP contribution in [0.3, 0.4) is 0 Å². The summed E-state index contributed by atoms with van der Waals surface area (Å²) in [7, 11) is -1.35. The second-order valence-electron chi connectivity index (χ2n) is 5.63. The summed E-state index contributed by atoms with van der Waals surface area (Å²) in [4.78, 5) is 14.3. The molecule has 9 heteroatoms. The normalized spacial score (nSPS) is 11.4. The molecule has 0 spiro atoms. The van der Waals surface area contributed by atoms with E-state index in [2.05, 4.69) is 5.43 Å². The summed E-state index contributed by atoms with van der Waals surface area (Å²) in [6, 6.07) is 11.5. The third-order valence-corrected chi connectivity index (χ3v) is 5.28. The molecule has 3 aromatic rings. The predicted octanol–water partition coefficient (Wildman–Crippen LogP) is 2.38. The lowest BCUT2D eigenvalue weighted by molar-refractivity contribution is 0.0918. The molecule has 1 aromatic heterocycles. The molecule has 0 atom stereocenters. The van der Waals surface area contributed by atoms with E-state index in [1.807, 2.05) is 17.0 Å². The molecule has 0 unspecified atom stereocenters. The number of methoxy groups -OCH3 is 2. The molecule has 2 aromatic carbocycles. The lowest BCUT2D eigenvalue weighted by Gasteiger charge is -2.12. The van der Waals surface area contributed by atoms with Crippen molar-refractivity contribution < 1.29 is 27.1 Å². The van der Waals surface area contributed by atoms with Gasteiger partial charge >= 0.3 is 5.91 Å². The average molecular weight is 390 g/mol. The second-order valence-corrected chi connectivity index (χ2v) is 7.28. The highest BCUT2D eigenvalue weighted by atomic mass is 32.2. The lowest BCUT2D eigenvalue weighted by Crippen LogP contribution is -2.41. The SMILES string of the molecule is COc1ccc(OC)c(S(=O)(=O)NNC(=O)c2oc3ccccc3c2C)c1. The maximum atomic E-state index is 12.6. The first-order valence-corrected chi connectivity index (χ1v) is 9.38. The van der Waals surface area contributed by atoms with Gasteiger partial charge in [0.25, 0.3) is 10.0 Å². The summed E-state index contributed by atoms with van der Waals surface area (Å²) < 4.78 is 40.8. The number of hydrogen-bond donors (Lipinski definition) is 2. The topological polar surface area (TPSA) is 107 Å². The zero-order chi connectivity index (χ0) is 19.6. The lowest BCUT2D eigenvalue weighted by atomic mass is 10.1. The van der Waals surface area contributed by atoms with Crippen LogP contribution in [0.5, 0.6) is 11.5 Å². The Hall–Kier alpha value is -3.04. The molecule has 0 bridgehead atoms. The number of benzene rings is 2. The van der Waals surface area contributed by atoms with Crippen LogP contribution in [0.1, 0.15) is 16.1 Å². The van der Waals surface area contributed by atoms with Crippen molar-refractivity contribution in [3.8, 4) is 11.5 Å². The molecular formula is C18H18N2O6S. The van der Waals surface area contributed by atoms with E-state index >= 15 is 0 Å². The minimum Gasteiger partial charge on any atom is -0.497 e. The van der Waals surface area contributed by atoms with Gasteiger partial charge in [-0.3, -0.25) is 10.2 Å². The Morgan fingerprint density at radius 3 is 2.48 bits per heavy atom. The first-order chi connectivity index (χ1) is 12.9. The van der Waals surface area contributed by atoms with Gasteiger partial charge in [-0.2, -0.15) is 0 Å². The van der Waals surface area contributed by atoms with E-state index < -0.39 is 15.9 Å². The third-order valence-electron chi connectivity index (χ3n) is 4.01. The van der Waals surface area contributed by atoms with Crippen LogP contribution in [-0.2, 0) is 10.0 Å². The van der Waals surface area contributed by atoms with Gasteiger partial charge in [-0.05, 0) is 25.1 Å². The maximum Gasteiger partial charge on any atom is 0.302 e. The fraction of sp³-hybridized carbons (Fsp3) is 0.167. The molecule has 2 N–H and O–H groups in total. The van der Waals surface area contributed by atoms with Gasteiger partial charge in [0, 0.05) is 17.0 Å². The highest BCUT2D eigenvalue weighted by Gasteiger charge is 2.23. The Bertz CT molecular complexity index is 1100. The van der Waals surface area contributed by atoms with Gasteiger partial charge in [-0.1, -0.05) is 18.2 Å². The maximum absolute atomic E-state index is 12.6. The fourth-order valence-electron chi connectivity index (χ4n) is 2.61. The summed E-state index contributed by atoms with van der Waals surface area (Å²) in [6.45, 7) is 1.72. The van der Waals surface area contributed by atoms with Crippen molar-refractivity contribution in [1.82, 2.24) is 10.3 Å². The Balaban J connectivity index is 1.85. The molecule has 27 heavy (non-hydrogen) atoms. The van der Waals surface area contributed by atoms with Gasteiger partial charge < -0.3 is 13.9 Å². The highest BCUT2D eigenvalue weighted by Crippen LogP contribution is 2.28.